The summed E-state index contributed by atoms with van der Waals surface area (Å²) in [5.41, 5.74) is 4.62. The van der Waals surface area contributed by atoms with Crippen molar-refractivity contribution in [1.82, 2.24) is 5.32 Å². The SMILES string of the molecule is CC(C)(C)OC(=O)N[C@H]1C(=CN)C(=O)CO[C@@H]1c1cc(F)ccc1F. The minimum Gasteiger partial charge on any atom is -0.444 e. The van der Waals surface area contributed by atoms with Crippen LogP contribution >= 0.6 is 0 Å². The molecule has 1 aromatic carbocycles. The van der Waals surface area contributed by atoms with E-state index in [2.05, 4.69) is 5.32 Å². The zero-order valence-corrected chi connectivity index (χ0v) is 14.1. The molecule has 1 heterocycles. The third kappa shape index (κ3) is 4.54. The zero-order valence-electron chi connectivity index (χ0n) is 14.1. The maximum atomic E-state index is 14.1. The first-order valence-corrected chi connectivity index (χ1v) is 7.63. The van der Waals surface area contributed by atoms with Crippen molar-refractivity contribution < 1.29 is 27.8 Å². The Kier molecular flexibility index (Phi) is 5.42. The molecule has 0 bridgehead atoms. The van der Waals surface area contributed by atoms with Crippen molar-refractivity contribution in [1.29, 1.82) is 0 Å². The molecule has 0 saturated carbocycles. The predicted octanol–water partition coefficient (Wildman–Crippen LogP) is 2.34. The van der Waals surface area contributed by atoms with E-state index in [1.165, 1.54) is 0 Å². The lowest BCUT2D eigenvalue weighted by Crippen LogP contribution is -2.49. The Labute approximate surface area is 144 Å². The van der Waals surface area contributed by atoms with Crippen molar-refractivity contribution in [3.63, 3.8) is 0 Å². The van der Waals surface area contributed by atoms with Crippen LogP contribution in [0.5, 0.6) is 0 Å². The average Bonchev–Trinajstić information content (AvgIpc) is 2.48. The van der Waals surface area contributed by atoms with Gasteiger partial charge in [-0.25, -0.2) is 13.6 Å². The summed E-state index contributed by atoms with van der Waals surface area (Å²) in [4.78, 5) is 24.1. The number of nitrogens with one attached hydrogen (secondary N) is 1. The maximum Gasteiger partial charge on any atom is 0.408 e. The minimum atomic E-state index is -1.13. The number of halogens is 2. The fourth-order valence-electron chi connectivity index (χ4n) is 2.47. The molecular formula is C17H20F2N2O4. The summed E-state index contributed by atoms with van der Waals surface area (Å²) in [6.45, 7) is 4.63. The number of carbonyl (C=O) groups is 2. The van der Waals surface area contributed by atoms with Crippen molar-refractivity contribution in [2.45, 2.75) is 38.5 Å². The van der Waals surface area contributed by atoms with E-state index in [9.17, 15) is 18.4 Å². The van der Waals surface area contributed by atoms with Gasteiger partial charge in [-0.2, -0.15) is 0 Å². The summed E-state index contributed by atoms with van der Waals surface area (Å²) in [6, 6.07) is 1.74. The fraction of sp³-hybridized carbons (Fsp3) is 0.412. The molecule has 1 amide bonds. The van der Waals surface area contributed by atoms with Crippen LogP contribution in [-0.4, -0.2) is 30.1 Å². The van der Waals surface area contributed by atoms with E-state index in [1.54, 1.807) is 20.8 Å². The third-order valence-electron chi connectivity index (χ3n) is 3.47. The number of ketones is 1. The summed E-state index contributed by atoms with van der Waals surface area (Å²) >= 11 is 0. The Hall–Kier alpha value is -2.48. The standard InChI is InChI=1S/C17H20F2N2O4/c1-17(2,3)25-16(23)21-14-11(7-20)13(22)8-24-15(14)10-6-9(18)4-5-12(10)19/h4-7,14-15H,8,20H2,1-3H3,(H,21,23)/t14-,15+/m0/s1. The highest BCUT2D eigenvalue weighted by atomic mass is 19.1. The van der Waals surface area contributed by atoms with Crippen LogP contribution in [0, 0.1) is 11.6 Å². The fourth-order valence-corrected chi connectivity index (χ4v) is 2.47. The lowest BCUT2D eigenvalue weighted by atomic mass is 9.91. The molecule has 8 heteroatoms. The van der Waals surface area contributed by atoms with E-state index in [0.29, 0.717) is 0 Å². The van der Waals surface area contributed by atoms with Crippen molar-refractivity contribution in [3.8, 4) is 0 Å². The molecule has 1 fully saturated rings. The molecule has 1 aliphatic heterocycles. The number of Topliss-reactive ketones (excluding diaryl/α,β-unsaturated/α-hetero) is 1. The molecule has 1 saturated heterocycles. The van der Waals surface area contributed by atoms with Crippen LogP contribution in [0.4, 0.5) is 13.6 Å². The van der Waals surface area contributed by atoms with Gasteiger partial charge < -0.3 is 20.5 Å². The van der Waals surface area contributed by atoms with Crippen LogP contribution in [0.15, 0.2) is 30.0 Å². The summed E-state index contributed by atoms with van der Waals surface area (Å²) in [7, 11) is 0. The molecule has 0 aromatic heterocycles. The van der Waals surface area contributed by atoms with Gasteiger partial charge in [0.1, 0.15) is 29.9 Å². The molecule has 0 spiro atoms. The zero-order chi connectivity index (χ0) is 18.8. The van der Waals surface area contributed by atoms with Crippen molar-refractivity contribution in [2.75, 3.05) is 6.61 Å². The van der Waals surface area contributed by atoms with Crippen LogP contribution < -0.4 is 11.1 Å². The van der Waals surface area contributed by atoms with Crippen LogP contribution in [0.1, 0.15) is 32.4 Å². The lowest BCUT2D eigenvalue weighted by molar-refractivity contribution is -0.127. The van der Waals surface area contributed by atoms with Gasteiger partial charge in [0.25, 0.3) is 0 Å². The van der Waals surface area contributed by atoms with E-state index < -0.39 is 41.3 Å². The number of carbonyl (C=O) groups excluding carboxylic acids is 2. The molecule has 25 heavy (non-hydrogen) atoms. The molecule has 2 atom stereocenters. The Morgan fingerprint density at radius 1 is 1.40 bits per heavy atom. The van der Waals surface area contributed by atoms with Gasteiger partial charge in [-0.3, -0.25) is 4.79 Å². The second-order valence-corrected chi connectivity index (χ2v) is 6.57. The first-order chi connectivity index (χ1) is 11.6. The highest BCUT2D eigenvalue weighted by Crippen LogP contribution is 2.32. The van der Waals surface area contributed by atoms with Crippen molar-refractivity contribution in [2.24, 2.45) is 5.73 Å². The molecule has 0 radical (unpaired) electrons. The van der Waals surface area contributed by atoms with E-state index in [1.807, 2.05) is 0 Å². The molecule has 1 aliphatic rings. The number of hydrogen-bond donors (Lipinski definition) is 2. The van der Waals surface area contributed by atoms with E-state index in [0.717, 1.165) is 24.4 Å². The van der Waals surface area contributed by atoms with Crippen molar-refractivity contribution in [3.05, 3.63) is 47.2 Å². The monoisotopic (exact) mass is 354 g/mol. The lowest BCUT2D eigenvalue weighted by Gasteiger charge is -2.34. The Morgan fingerprint density at radius 3 is 2.68 bits per heavy atom. The number of ether oxygens (including phenoxy) is 2. The molecule has 136 valence electrons. The van der Waals surface area contributed by atoms with Crippen LogP contribution in [0.3, 0.4) is 0 Å². The van der Waals surface area contributed by atoms with Crippen LogP contribution in [-0.2, 0) is 14.3 Å². The average molecular weight is 354 g/mol. The Balaban J connectivity index is 2.37. The second-order valence-electron chi connectivity index (χ2n) is 6.57. The molecular weight excluding hydrogens is 334 g/mol. The van der Waals surface area contributed by atoms with E-state index in [4.69, 9.17) is 15.2 Å². The molecule has 6 nitrogen and oxygen atoms in total. The number of hydrogen-bond acceptors (Lipinski definition) is 5. The van der Waals surface area contributed by atoms with Crippen LogP contribution in [0.2, 0.25) is 0 Å². The highest BCUT2D eigenvalue weighted by Gasteiger charge is 2.39. The normalized spacial score (nSPS) is 22.8. The maximum absolute atomic E-state index is 14.1. The van der Waals surface area contributed by atoms with Gasteiger partial charge in [0.05, 0.1) is 6.04 Å². The van der Waals surface area contributed by atoms with Gasteiger partial charge in [0.15, 0.2) is 5.78 Å². The number of benzene rings is 1. The molecule has 2 rings (SSSR count). The summed E-state index contributed by atoms with van der Waals surface area (Å²) < 4.78 is 38.2. The first-order valence-electron chi connectivity index (χ1n) is 7.63. The second kappa shape index (κ2) is 7.18. The van der Waals surface area contributed by atoms with Gasteiger partial charge in [-0.05, 0) is 39.0 Å². The Morgan fingerprint density at radius 2 is 2.08 bits per heavy atom. The smallest absolute Gasteiger partial charge is 0.408 e. The van der Waals surface area contributed by atoms with Gasteiger partial charge in [-0.1, -0.05) is 0 Å². The summed E-state index contributed by atoms with van der Waals surface area (Å²) in [5, 5.41) is 2.46. The van der Waals surface area contributed by atoms with Gasteiger partial charge in [0, 0.05) is 17.3 Å². The largest absolute Gasteiger partial charge is 0.444 e. The Bertz CT molecular complexity index is 713. The number of rotatable bonds is 2. The van der Waals surface area contributed by atoms with E-state index >= 15 is 0 Å². The van der Waals surface area contributed by atoms with E-state index in [-0.39, 0.29) is 17.7 Å². The molecule has 1 aromatic rings. The highest BCUT2D eigenvalue weighted by molar-refractivity contribution is 5.98. The number of nitrogens with two attached hydrogens (primary N) is 1. The minimum absolute atomic E-state index is 0.0331. The summed E-state index contributed by atoms with van der Waals surface area (Å²) in [5.74, 6) is -1.86. The number of alkyl carbamates (subject to hydrolysis) is 1. The third-order valence-corrected chi connectivity index (χ3v) is 3.47. The van der Waals surface area contributed by atoms with Crippen LogP contribution in [0.25, 0.3) is 0 Å². The molecule has 0 unspecified atom stereocenters. The van der Waals surface area contributed by atoms with Gasteiger partial charge >= 0.3 is 6.09 Å². The summed E-state index contributed by atoms with van der Waals surface area (Å²) in [6.07, 6.45) is -0.940. The first kappa shape index (κ1) is 18.9. The van der Waals surface area contributed by atoms with Gasteiger partial charge in [-0.15, -0.1) is 0 Å². The predicted molar refractivity (Wildman–Crippen MR) is 85.5 cm³/mol. The number of amides is 1. The van der Waals surface area contributed by atoms with Gasteiger partial charge in [0.2, 0.25) is 0 Å². The quantitative estimate of drug-likeness (QED) is 0.796. The molecule has 3 N–H and O–H groups in total. The topological polar surface area (TPSA) is 90.6 Å². The molecule has 0 aliphatic carbocycles. The van der Waals surface area contributed by atoms with Crippen molar-refractivity contribution >= 4 is 11.9 Å².